The maximum atomic E-state index is 13.5. The lowest BCUT2D eigenvalue weighted by Gasteiger charge is -2.41. The van der Waals surface area contributed by atoms with Crippen molar-refractivity contribution in [2.75, 3.05) is 6.54 Å². The van der Waals surface area contributed by atoms with Crippen LogP contribution < -0.4 is 5.32 Å². The Morgan fingerprint density at radius 1 is 0.935 bits per heavy atom. The topological polar surface area (TPSA) is 49.4 Å². The van der Waals surface area contributed by atoms with Gasteiger partial charge in [-0.2, -0.15) is 0 Å². The summed E-state index contributed by atoms with van der Waals surface area (Å²) in [5.41, 5.74) is 3.51. The van der Waals surface area contributed by atoms with Crippen LogP contribution in [0.5, 0.6) is 0 Å². The molecule has 1 aliphatic heterocycles. The van der Waals surface area contributed by atoms with Gasteiger partial charge in [0.05, 0.1) is 18.0 Å². The van der Waals surface area contributed by atoms with Gasteiger partial charge in [0.25, 0.3) is 0 Å². The maximum absolute atomic E-state index is 13.5. The number of rotatable bonds is 5. The molecule has 1 N–H and O–H groups in total. The fourth-order valence-corrected chi connectivity index (χ4v) is 5.22. The van der Waals surface area contributed by atoms with Crippen LogP contribution in [0, 0.1) is 18.8 Å². The van der Waals surface area contributed by atoms with Crippen molar-refractivity contribution in [2.45, 2.75) is 64.5 Å². The van der Waals surface area contributed by atoms with E-state index in [0.717, 1.165) is 44.1 Å². The van der Waals surface area contributed by atoms with Crippen LogP contribution in [0.25, 0.3) is 0 Å². The summed E-state index contributed by atoms with van der Waals surface area (Å²) < 4.78 is 0. The monoisotopic (exact) mass is 418 g/mol. The number of amides is 2. The number of nitrogens with one attached hydrogen (secondary N) is 1. The van der Waals surface area contributed by atoms with Gasteiger partial charge in [-0.25, -0.2) is 0 Å². The first-order valence-electron chi connectivity index (χ1n) is 11.8. The number of carbonyl (C=O) groups excluding carboxylic acids is 2. The molecular weight excluding hydrogens is 384 g/mol. The van der Waals surface area contributed by atoms with Gasteiger partial charge in [-0.05, 0) is 50.7 Å². The minimum absolute atomic E-state index is 0.0396. The Bertz CT molecular complexity index is 904. The summed E-state index contributed by atoms with van der Waals surface area (Å²) in [6.45, 7) is 4.63. The van der Waals surface area contributed by atoms with E-state index >= 15 is 0 Å². The predicted octanol–water partition coefficient (Wildman–Crippen LogP) is 5.34. The number of hydrogen-bond donors (Lipinski definition) is 1. The molecule has 0 radical (unpaired) electrons. The van der Waals surface area contributed by atoms with E-state index in [2.05, 4.69) is 36.5 Å². The lowest BCUT2D eigenvalue weighted by atomic mass is 9.86. The van der Waals surface area contributed by atoms with E-state index in [1.165, 1.54) is 11.1 Å². The highest BCUT2D eigenvalue weighted by Gasteiger charge is 2.38. The van der Waals surface area contributed by atoms with Gasteiger partial charge >= 0.3 is 0 Å². The molecule has 2 aliphatic rings. The molecule has 0 spiro atoms. The zero-order valence-corrected chi connectivity index (χ0v) is 18.7. The highest BCUT2D eigenvalue weighted by Crippen LogP contribution is 2.37. The number of hydrogen-bond acceptors (Lipinski definition) is 2. The summed E-state index contributed by atoms with van der Waals surface area (Å²) in [6.07, 6.45) is 5.88. The Labute approximate surface area is 186 Å². The number of carbonyl (C=O) groups is 2. The van der Waals surface area contributed by atoms with E-state index in [0.29, 0.717) is 6.54 Å². The van der Waals surface area contributed by atoms with Crippen LogP contribution in [0.2, 0.25) is 0 Å². The van der Waals surface area contributed by atoms with Crippen LogP contribution >= 0.6 is 0 Å². The largest absolute Gasteiger partial charge is 0.349 e. The van der Waals surface area contributed by atoms with E-state index in [1.54, 1.807) is 0 Å². The van der Waals surface area contributed by atoms with E-state index < -0.39 is 0 Å². The van der Waals surface area contributed by atoms with Crippen molar-refractivity contribution in [3.63, 3.8) is 0 Å². The average molecular weight is 419 g/mol. The first-order chi connectivity index (χ1) is 15.0. The number of nitrogens with zero attached hydrogens (tertiary/aromatic N) is 1. The van der Waals surface area contributed by atoms with Crippen molar-refractivity contribution in [2.24, 2.45) is 11.8 Å². The van der Waals surface area contributed by atoms with Crippen LogP contribution in [0.4, 0.5) is 0 Å². The number of likely N-dealkylation sites (tertiary alicyclic amines) is 1. The van der Waals surface area contributed by atoms with Gasteiger partial charge in [-0.3, -0.25) is 9.59 Å². The van der Waals surface area contributed by atoms with Gasteiger partial charge in [0.1, 0.15) is 0 Å². The minimum Gasteiger partial charge on any atom is -0.349 e. The van der Waals surface area contributed by atoms with Crippen molar-refractivity contribution < 1.29 is 9.59 Å². The lowest BCUT2D eigenvalue weighted by molar-refractivity contribution is -0.142. The molecule has 31 heavy (non-hydrogen) atoms. The summed E-state index contributed by atoms with van der Waals surface area (Å²) in [5.74, 6) is 0.274. The van der Waals surface area contributed by atoms with Crippen LogP contribution in [0.15, 0.2) is 54.6 Å². The molecule has 0 aromatic heterocycles. The van der Waals surface area contributed by atoms with Gasteiger partial charge < -0.3 is 10.2 Å². The predicted molar refractivity (Wildman–Crippen MR) is 123 cm³/mol. The molecule has 3 atom stereocenters. The van der Waals surface area contributed by atoms with Gasteiger partial charge in [0, 0.05) is 12.5 Å². The third-order valence-electron chi connectivity index (χ3n) is 7.03. The molecular formula is C27H34N2O2. The van der Waals surface area contributed by atoms with Gasteiger partial charge in [-0.15, -0.1) is 0 Å². The Kier molecular flexibility index (Phi) is 6.74. The van der Waals surface area contributed by atoms with Crippen molar-refractivity contribution in [3.8, 4) is 0 Å². The van der Waals surface area contributed by atoms with Crippen LogP contribution in [0.1, 0.15) is 74.2 Å². The Balaban J connectivity index is 1.50. The maximum Gasteiger partial charge on any atom is 0.226 e. The highest BCUT2D eigenvalue weighted by molar-refractivity contribution is 5.83. The fourth-order valence-electron chi connectivity index (χ4n) is 5.22. The second-order valence-corrected chi connectivity index (χ2v) is 9.32. The van der Waals surface area contributed by atoms with Gasteiger partial charge in [0.15, 0.2) is 0 Å². The number of aryl methyl sites for hydroxylation is 1. The molecule has 164 valence electrons. The zero-order valence-electron chi connectivity index (χ0n) is 18.7. The molecule has 1 saturated carbocycles. The second-order valence-electron chi connectivity index (χ2n) is 9.32. The van der Waals surface area contributed by atoms with Gasteiger partial charge in [0.2, 0.25) is 11.8 Å². The lowest BCUT2D eigenvalue weighted by Crippen LogP contribution is -2.48. The van der Waals surface area contributed by atoms with E-state index in [-0.39, 0.29) is 35.7 Å². The molecule has 0 bridgehead atoms. The first kappa shape index (κ1) is 21.6. The van der Waals surface area contributed by atoms with Crippen molar-refractivity contribution >= 4 is 11.8 Å². The molecule has 2 aromatic rings. The summed E-state index contributed by atoms with van der Waals surface area (Å²) in [6, 6.07) is 18.6. The Morgan fingerprint density at radius 3 is 2.39 bits per heavy atom. The first-order valence-corrected chi connectivity index (χ1v) is 11.8. The van der Waals surface area contributed by atoms with Crippen molar-refractivity contribution in [3.05, 3.63) is 71.3 Å². The highest BCUT2D eigenvalue weighted by atomic mass is 16.2. The molecule has 1 heterocycles. The molecule has 1 aliphatic carbocycles. The van der Waals surface area contributed by atoms with E-state index in [1.807, 2.05) is 42.2 Å². The fraction of sp³-hybridized carbons (Fsp3) is 0.481. The second kappa shape index (κ2) is 9.67. The average Bonchev–Trinajstić information content (AvgIpc) is 3.34. The van der Waals surface area contributed by atoms with Gasteiger partial charge in [-0.1, -0.05) is 73.0 Å². The van der Waals surface area contributed by atoms with E-state index in [4.69, 9.17) is 0 Å². The number of benzene rings is 2. The Hall–Kier alpha value is -2.62. The summed E-state index contributed by atoms with van der Waals surface area (Å²) in [5, 5.41) is 3.18. The molecule has 4 nitrogen and oxygen atoms in total. The smallest absolute Gasteiger partial charge is 0.226 e. The number of piperidine rings is 1. The normalized spacial score (nSPS) is 22.8. The standard InChI is InChI=1S/C27H34N2O2/c1-19-9-8-14-23(17-19)25-16-15-24(18-29(25)27(31)22-12-6-7-13-22)26(30)28-20(2)21-10-4-3-5-11-21/h3-5,8-11,14,17,20,22,24-25H,6-7,12-13,15-16,18H2,1-2H3,(H,28,30)/t20-,24+,25+/m1/s1. The molecule has 1 saturated heterocycles. The summed E-state index contributed by atoms with van der Waals surface area (Å²) in [7, 11) is 0. The minimum atomic E-state index is -0.155. The van der Waals surface area contributed by atoms with Crippen molar-refractivity contribution in [1.82, 2.24) is 10.2 Å². The SMILES string of the molecule is Cc1cccc([C@@H]2CC[C@H](C(=O)N[C@H](C)c3ccccc3)CN2C(=O)C2CCCC2)c1. The molecule has 4 rings (SSSR count). The molecule has 0 unspecified atom stereocenters. The van der Waals surface area contributed by atoms with Crippen molar-refractivity contribution in [1.29, 1.82) is 0 Å². The van der Waals surface area contributed by atoms with Crippen LogP contribution in [0.3, 0.4) is 0 Å². The summed E-state index contributed by atoms with van der Waals surface area (Å²) >= 11 is 0. The Morgan fingerprint density at radius 2 is 1.68 bits per heavy atom. The van der Waals surface area contributed by atoms with Crippen LogP contribution in [-0.4, -0.2) is 23.3 Å². The molecule has 2 amide bonds. The zero-order chi connectivity index (χ0) is 21.8. The third kappa shape index (κ3) is 5.00. The van der Waals surface area contributed by atoms with E-state index in [9.17, 15) is 9.59 Å². The molecule has 4 heteroatoms. The molecule has 2 aromatic carbocycles. The van der Waals surface area contributed by atoms with Crippen LogP contribution in [-0.2, 0) is 9.59 Å². The molecule has 2 fully saturated rings. The summed E-state index contributed by atoms with van der Waals surface area (Å²) in [4.78, 5) is 28.6. The quantitative estimate of drug-likeness (QED) is 0.712. The third-order valence-corrected chi connectivity index (χ3v) is 7.03.